The van der Waals surface area contributed by atoms with E-state index in [2.05, 4.69) is 6.07 Å². The van der Waals surface area contributed by atoms with Gasteiger partial charge in [0.2, 0.25) is 0 Å². The first-order valence-electron chi connectivity index (χ1n) is 14.5. The molecule has 3 aliphatic rings. The number of Topliss-reactive ketones (excluding diaryl/α,β-unsaturated/α-hetero) is 3. The van der Waals surface area contributed by atoms with Crippen LogP contribution >= 0.6 is 0 Å². The van der Waals surface area contributed by atoms with Crippen LogP contribution in [0.25, 0.3) is 6.08 Å². The molecule has 220 valence electrons. The third-order valence-electron chi connectivity index (χ3n) is 9.36. The van der Waals surface area contributed by atoms with Crippen molar-refractivity contribution in [2.75, 3.05) is 26.2 Å². The van der Waals surface area contributed by atoms with E-state index in [-0.39, 0.29) is 17.3 Å². The molecule has 0 radical (unpaired) electrons. The lowest BCUT2D eigenvalue weighted by Crippen LogP contribution is -2.48. The molecular formula is C37H31NO6. The molecule has 4 aromatic carbocycles. The van der Waals surface area contributed by atoms with E-state index >= 15 is 0 Å². The molecule has 1 fully saturated rings. The molecule has 3 atom stereocenters. The lowest BCUT2D eigenvalue weighted by Gasteiger charge is -2.37. The molecule has 0 bridgehead atoms. The quantitative estimate of drug-likeness (QED) is 0.193. The van der Waals surface area contributed by atoms with E-state index in [1.54, 1.807) is 74.9 Å². The number of fused-ring (bicyclic) bond motifs is 5. The third kappa shape index (κ3) is 3.71. The van der Waals surface area contributed by atoms with E-state index in [1.807, 2.05) is 42.2 Å². The van der Waals surface area contributed by atoms with E-state index < -0.39 is 23.4 Å². The van der Waals surface area contributed by atoms with Crippen LogP contribution in [0.15, 0.2) is 91.0 Å². The maximum atomic E-state index is 15.0. The number of hydrogen-bond acceptors (Lipinski definition) is 7. The number of ketones is 3. The highest BCUT2D eigenvalue weighted by Crippen LogP contribution is 2.62. The highest BCUT2D eigenvalue weighted by molar-refractivity contribution is 6.32. The number of hydrogen-bond donors (Lipinski definition) is 0. The molecule has 7 heteroatoms. The molecular weight excluding hydrogens is 554 g/mol. The molecule has 7 rings (SSSR count). The van der Waals surface area contributed by atoms with E-state index in [0.717, 1.165) is 16.8 Å². The Morgan fingerprint density at radius 3 is 2.16 bits per heavy atom. The molecule has 2 aliphatic heterocycles. The zero-order valence-corrected chi connectivity index (χ0v) is 24.9. The Hall–Kier alpha value is -5.17. The monoisotopic (exact) mass is 585 g/mol. The summed E-state index contributed by atoms with van der Waals surface area (Å²) in [6.45, 7) is 2.01. The number of methoxy groups -OCH3 is 3. The Labute approximate surface area is 255 Å². The van der Waals surface area contributed by atoms with Crippen LogP contribution in [0.4, 0.5) is 5.69 Å². The van der Waals surface area contributed by atoms with Crippen LogP contribution in [0.5, 0.6) is 17.2 Å². The maximum Gasteiger partial charge on any atom is 0.186 e. The number of carbonyl (C=O) groups excluding carboxylic acids is 3. The average Bonchev–Trinajstić information content (AvgIpc) is 3.49. The van der Waals surface area contributed by atoms with Gasteiger partial charge in [-0.3, -0.25) is 14.4 Å². The third-order valence-corrected chi connectivity index (χ3v) is 9.36. The van der Waals surface area contributed by atoms with Crippen molar-refractivity contribution in [3.05, 3.63) is 124 Å². The summed E-state index contributed by atoms with van der Waals surface area (Å²) in [5.41, 5.74) is 2.86. The number of anilines is 1. The molecule has 0 unspecified atom stereocenters. The van der Waals surface area contributed by atoms with Crippen molar-refractivity contribution in [2.24, 2.45) is 5.41 Å². The number of benzene rings is 4. The fourth-order valence-electron chi connectivity index (χ4n) is 7.46. The van der Waals surface area contributed by atoms with Crippen LogP contribution in [0.3, 0.4) is 0 Å². The Kier molecular flexibility index (Phi) is 6.43. The molecule has 1 aliphatic carbocycles. The average molecular weight is 586 g/mol. The molecule has 0 saturated carbocycles. The summed E-state index contributed by atoms with van der Waals surface area (Å²) in [5, 5.41) is 0. The van der Waals surface area contributed by atoms with Crippen LogP contribution < -0.4 is 19.1 Å². The van der Waals surface area contributed by atoms with Crippen LogP contribution in [-0.4, -0.2) is 50.8 Å². The number of nitrogens with zero attached hydrogens (tertiary/aromatic N) is 1. The Morgan fingerprint density at radius 2 is 1.48 bits per heavy atom. The van der Waals surface area contributed by atoms with E-state index in [9.17, 15) is 14.4 Å². The smallest absolute Gasteiger partial charge is 0.186 e. The first-order chi connectivity index (χ1) is 21.3. The second-order valence-electron chi connectivity index (χ2n) is 11.5. The summed E-state index contributed by atoms with van der Waals surface area (Å²) < 4.78 is 16.8. The fraction of sp³-hybridized carbons (Fsp3) is 0.216. The van der Waals surface area contributed by atoms with Gasteiger partial charge in [-0.1, -0.05) is 66.2 Å². The number of carbonyl (C=O) groups is 3. The minimum absolute atomic E-state index is 0.230. The largest absolute Gasteiger partial charge is 0.497 e. The summed E-state index contributed by atoms with van der Waals surface area (Å²) in [5.74, 6) is -0.202. The number of aryl methyl sites for hydroxylation is 1. The van der Waals surface area contributed by atoms with Crippen molar-refractivity contribution >= 4 is 29.1 Å². The molecule has 0 N–H and O–H groups in total. The molecule has 7 nitrogen and oxygen atoms in total. The molecule has 0 amide bonds. The lowest BCUT2D eigenvalue weighted by molar-refractivity contribution is 0.0664. The van der Waals surface area contributed by atoms with E-state index in [1.165, 1.54) is 7.11 Å². The van der Waals surface area contributed by atoms with Gasteiger partial charge in [-0.2, -0.15) is 0 Å². The van der Waals surface area contributed by atoms with Gasteiger partial charge in [-0.05, 0) is 42.8 Å². The van der Waals surface area contributed by atoms with Crippen LogP contribution in [0.2, 0.25) is 0 Å². The summed E-state index contributed by atoms with van der Waals surface area (Å²) in [4.78, 5) is 46.7. The van der Waals surface area contributed by atoms with Crippen molar-refractivity contribution in [3.63, 3.8) is 0 Å². The summed E-state index contributed by atoms with van der Waals surface area (Å²) in [6.07, 6.45) is 3.89. The SMILES string of the molecule is COc1cccc(C(=O)[C@@H]2[C@H](c3ccc(OC)cc3OC)C3(C(=O)c4ccccc4C3=O)[C@@H]3C=Cc4cc(C)ccc4N23)c1. The second kappa shape index (κ2) is 10.2. The topological polar surface area (TPSA) is 82.1 Å². The van der Waals surface area contributed by atoms with Crippen LogP contribution in [0.1, 0.15) is 53.7 Å². The zero-order valence-electron chi connectivity index (χ0n) is 24.9. The van der Waals surface area contributed by atoms with Gasteiger partial charge < -0.3 is 19.1 Å². The molecule has 2 heterocycles. The van der Waals surface area contributed by atoms with Gasteiger partial charge in [0.25, 0.3) is 0 Å². The van der Waals surface area contributed by atoms with Gasteiger partial charge in [0.05, 0.1) is 27.4 Å². The van der Waals surface area contributed by atoms with Crippen molar-refractivity contribution in [3.8, 4) is 17.2 Å². The highest BCUT2D eigenvalue weighted by Gasteiger charge is 2.72. The molecule has 44 heavy (non-hydrogen) atoms. The van der Waals surface area contributed by atoms with Crippen LogP contribution in [-0.2, 0) is 0 Å². The number of rotatable bonds is 6. The molecule has 4 aromatic rings. The highest BCUT2D eigenvalue weighted by atomic mass is 16.5. The Bertz CT molecular complexity index is 1860. The lowest BCUT2D eigenvalue weighted by atomic mass is 9.64. The standard InChI is InChI=1S/C37H31NO6/c1-21-12-16-29-22(18-21)13-17-31-37(35(40)26-10-5-6-11-27(26)36(37)41)32(28-15-14-25(43-3)20-30(28)44-4)33(38(29)31)34(39)23-8-7-9-24(19-23)42-2/h5-20,31-33H,1-4H3/t31-,32-,33-/m0/s1. The Morgan fingerprint density at radius 1 is 0.773 bits per heavy atom. The summed E-state index contributed by atoms with van der Waals surface area (Å²) in [6, 6.07) is 23.6. The minimum Gasteiger partial charge on any atom is -0.497 e. The first kappa shape index (κ1) is 27.7. The van der Waals surface area contributed by atoms with Gasteiger partial charge >= 0.3 is 0 Å². The van der Waals surface area contributed by atoms with Crippen LogP contribution in [0, 0.1) is 12.3 Å². The van der Waals surface area contributed by atoms with Gasteiger partial charge in [-0.15, -0.1) is 0 Å². The molecule has 1 saturated heterocycles. The minimum atomic E-state index is -1.64. The van der Waals surface area contributed by atoms with Gasteiger partial charge in [0.15, 0.2) is 17.3 Å². The van der Waals surface area contributed by atoms with Crippen molar-refractivity contribution < 1.29 is 28.6 Å². The second-order valence-corrected chi connectivity index (χ2v) is 11.5. The summed E-state index contributed by atoms with van der Waals surface area (Å²) in [7, 11) is 4.65. The maximum absolute atomic E-state index is 15.0. The predicted octanol–water partition coefficient (Wildman–Crippen LogP) is 6.34. The van der Waals surface area contributed by atoms with E-state index in [4.69, 9.17) is 14.2 Å². The first-order valence-corrected chi connectivity index (χ1v) is 14.5. The van der Waals surface area contributed by atoms with Gasteiger partial charge in [0.1, 0.15) is 28.7 Å². The van der Waals surface area contributed by atoms with Crippen molar-refractivity contribution in [1.29, 1.82) is 0 Å². The predicted molar refractivity (Wildman–Crippen MR) is 167 cm³/mol. The normalized spacial score (nSPS) is 20.7. The van der Waals surface area contributed by atoms with E-state index in [0.29, 0.717) is 39.5 Å². The number of ether oxygens (including phenoxy) is 3. The van der Waals surface area contributed by atoms with Crippen molar-refractivity contribution in [2.45, 2.75) is 24.9 Å². The Balaban J connectivity index is 1.57. The fourth-order valence-corrected chi connectivity index (χ4v) is 7.46. The molecule has 0 aromatic heterocycles. The van der Waals surface area contributed by atoms with Crippen molar-refractivity contribution in [1.82, 2.24) is 0 Å². The zero-order chi connectivity index (χ0) is 30.7. The summed E-state index contributed by atoms with van der Waals surface area (Å²) >= 11 is 0. The van der Waals surface area contributed by atoms with Gasteiger partial charge in [-0.25, -0.2) is 0 Å². The molecule has 1 spiro atoms. The van der Waals surface area contributed by atoms with Gasteiger partial charge in [0, 0.05) is 39.9 Å².